The highest BCUT2D eigenvalue weighted by molar-refractivity contribution is 6.01. The molecule has 0 aromatic heterocycles. The van der Waals surface area contributed by atoms with Crippen molar-refractivity contribution in [3.63, 3.8) is 0 Å². The molecule has 0 radical (unpaired) electrons. The molecule has 1 fully saturated rings. The Kier molecular flexibility index (Phi) is 9.06. The van der Waals surface area contributed by atoms with Crippen LogP contribution < -0.4 is 4.74 Å². The molecule has 6 heteroatoms. The van der Waals surface area contributed by atoms with Crippen molar-refractivity contribution in [2.45, 2.75) is 64.2 Å². The van der Waals surface area contributed by atoms with Gasteiger partial charge >= 0.3 is 5.97 Å². The van der Waals surface area contributed by atoms with Crippen molar-refractivity contribution in [2.24, 2.45) is 0 Å². The van der Waals surface area contributed by atoms with Crippen LogP contribution in [0.25, 0.3) is 0 Å². The molecule has 1 aliphatic rings. The first-order chi connectivity index (χ1) is 13.6. The largest absolute Gasteiger partial charge is 0.494 e. The number of hydrogen-bond acceptors (Lipinski definition) is 5. The summed E-state index contributed by atoms with van der Waals surface area (Å²) in [5.41, 5.74) is 0.725. The number of unbranched alkanes of at least 4 members (excludes halogenated alkanes) is 6. The molecule has 1 aliphatic heterocycles. The maximum absolute atomic E-state index is 11.9. The Balaban J connectivity index is 1.61. The Morgan fingerprint density at radius 2 is 1.57 bits per heavy atom. The summed E-state index contributed by atoms with van der Waals surface area (Å²) in [5, 5.41) is 0.564. The summed E-state index contributed by atoms with van der Waals surface area (Å²) >= 11 is 0. The maximum atomic E-state index is 11.9. The number of carbonyl (C=O) groups is 3. The summed E-state index contributed by atoms with van der Waals surface area (Å²) in [6, 6.07) is 7.15. The van der Waals surface area contributed by atoms with Crippen molar-refractivity contribution in [3.8, 4) is 18.1 Å². The number of amides is 2. The van der Waals surface area contributed by atoms with Gasteiger partial charge in [-0.1, -0.05) is 37.8 Å². The van der Waals surface area contributed by atoms with Crippen LogP contribution in [0.4, 0.5) is 0 Å². The number of ether oxygens (including phenoxy) is 1. The standard InChI is InChI=1S/C22H27NO5/c1-2-3-4-5-6-7-8-9-16-27-19-12-10-18(11-13-19)17-22(26)28-23-20(24)14-15-21(23)25/h1,10-13H,3-9,14-17H2. The van der Waals surface area contributed by atoms with Crippen molar-refractivity contribution in [2.75, 3.05) is 6.61 Å². The third-order valence-corrected chi connectivity index (χ3v) is 4.45. The molecule has 150 valence electrons. The molecule has 1 saturated heterocycles. The average molecular weight is 385 g/mol. The van der Waals surface area contributed by atoms with Crippen LogP contribution in [0.2, 0.25) is 0 Å². The van der Waals surface area contributed by atoms with E-state index >= 15 is 0 Å². The lowest BCUT2D eigenvalue weighted by molar-refractivity contribution is -0.197. The highest BCUT2D eigenvalue weighted by atomic mass is 16.7. The van der Waals surface area contributed by atoms with Gasteiger partial charge in [0.1, 0.15) is 5.75 Å². The Hall–Kier alpha value is -2.81. The van der Waals surface area contributed by atoms with Crippen molar-refractivity contribution >= 4 is 17.8 Å². The van der Waals surface area contributed by atoms with Crippen LogP contribution in [0.5, 0.6) is 5.75 Å². The second kappa shape index (κ2) is 11.8. The third kappa shape index (κ3) is 7.43. The first-order valence-electron chi connectivity index (χ1n) is 9.82. The minimum Gasteiger partial charge on any atom is -0.494 e. The molecule has 6 nitrogen and oxygen atoms in total. The van der Waals surface area contributed by atoms with Gasteiger partial charge in [-0.05, 0) is 30.5 Å². The van der Waals surface area contributed by atoms with Crippen molar-refractivity contribution < 1.29 is 24.0 Å². The fourth-order valence-electron chi connectivity index (χ4n) is 2.89. The van der Waals surface area contributed by atoms with Crippen LogP contribution in [0.15, 0.2) is 24.3 Å². The van der Waals surface area contributed by atoms with Crippen LogP contribution in [0.1, 0.15) is 63.4 Å². The normalized spacial score (nSPS) is 13.5. The summed E-state index contributed by atoms with van der Waals surface area (Å²) in [6.07, 6.45) is 13.1. The van der Waals surface area contributed by atoms with Gasteiger partial charge in [0.2, 0.25) is 0 Å². The fraction of sp³-hybridized carbons (Fsp3) is 0.500. The minimum atomic E-state index is -0.639. The lowest BCUT2D eigenvalue weighted by atomic mass is 10.1. The smallest absolute Gasteiger partial charge is 0.337 e. The van der Waals surface area contributed by atoms with E-state index in [0.717, 1.165) is 37.0 Å². The van der Waals surface area contributed by atoms with E-state index < -0.39 is 17.8 Å². The zero-order chi connectivity index (χ0) is 20.2. The Morgan fingerprint density at radius 1 is 0.964 bits per heavy atom. The Morgan fingerprint density at radius 3 is 2.21 bits per heavy atom. The van der Waals surface area contributed by atoms with Gasteiger partial charge in [0.05, 0.1) is 13.0 Å². The summed E-state index contributed by atoms with van der Waals surface area (Å²) in [5.74, 6) is 1.81. The SMILES string of the molecule is C#CCCCCCCCCOc1ccc(CC(=O)ON2C(=O)CCC2=O)cc1. The van der Waals surface area contributed by atoms with Gasteiger partial charge in [0.15, 0.2) is 0 Å². The summed E-state index contributed by atoms with van der Waals surface area (Å²) in [7, 11) is 0. The predicted octanol–water partition coefficient (Wildman–Crippen LogP) is 3.58. The van der Waals surface area contributed by atoms with E-state index in [0.29, 0.717) is 11.7 Å². The van der Waals surface area contributed by atoms with Gasteiger partial charge in [-0.15, -0.1) is 17.4 Å². The van der Waals surface area contributed by atoms with Gasteiger partial charge in [-0.2, -0.15) is 0 Å². The highest BCUT2D eigenvalue weighted by Gasteiger charge is 2.32. The van der Waals surface area contributed by atoms with E-state index in [4.69, 9.17) is 16.0 Å². The summed E-state index contributed by atoms with van der Waals surface area (Å²) in [6.45, 7) is 0.658. The molecule has 1 aromatic rings. The molecule has 0 spiro atoms. The van der Waals surface area contributed by atoms with Gasteiger partial charge in [0, 0.05) is 19.3 Å². The number of benzene rings is 1. The average Bonchev–Trinajstić information content (AvgIpc) is 3.00. The molecular weight excluding hydrogens is 358 g/mol. The zero-order valence-electron chi connectivity index (χ0n) is 16.2. The van der Waals surface area contributed by atoms with E-state index in [1.807, 2.05) is 0 Å². The van der Waals surface area contributed by atoms with Crippen LogP contribution in [-0.2, 0) is 25.6 Å². The van der Waals surface area contributed by atoms with Crippen LogP contribution in [-0.4, -0.2) is 29.5 Å². The maximum Gasteiger partial charge on any atom is 0.337 e. The van der Waals surface area contributed by atoms with E-state index in [-0.39, 0.29) is 19.3 Å². The Bertz CT molecular complexity index is 689. The number of hydroxylamine groups is 2. The molecule has 2 amide bonds. The molecule has 0 bridgehead atoms. The molecule has 0 N–H and O–H groups in total. The number of hydrogen-bond donors (Lipinski definition) is 0. The topological polar surface area (TPSA) is 72.9 Å². The number of carbonyl (C=O) groups excluding carboxylic acids is 3. The molecule has 0 atom stereocenters. The number of nitrogens with zero attached hydrogens (tertiary/aromatic N) is 1. The lowest BCUT2D eigenvalue weighted by Gasteiger charge is -2.12. The van der Waals surface area contributed by atoms with Gasteiger partial charge in [0.25, 0.3) is 11.8 Å². The van der Waals surface area contributed by atoms with Gasteiger partial charge < -0.3 is 9.57 Å². The van der Waals surface area contributed by atoms with Crippen LogP contribution in [0, 0.1) is 12.3 Å². The quantitative estimate of drug-likeness (QED) is 0.312. The fourth-order valence-corrected chi connectivity index (χ4v) is 2.89. The molecule has 28 heavy (non-hydrogen) atoms. The second-order valence-corrected chi connectivity index (χ2v) is 6.79. The van der Waals surface area contributed by atoms with E-state index in [9.17, 15) is 14.4 Å². The predicted molar refractivity (Wildman–Crippen MR) is 104 cm³/mol. The second-order valence-electron chi connectivity index (χ2n) is 6.79. The van der Waals surface area contributed by atoms with E-state index in [1.54, 1.807) is 24.3 Å². The zero-order valence-corrected chi connectivity index (χ0v) is 16.2. The molecule has 0 saturated carbocycles. The third-order valence-electron chi connectivity index (χ3n) is 4.45. The van der Waals surface area contributed by atoms with Crippen molar-refractivity contribution in [1.82, 2.24) is 5.06 Å². The monoisotopic (exact) mass is 385 g/mol. The van der Waals surface area contributed by atoms with E-state index in [1.165, 1.54) is 19.3 Å². The molecule has 1 aromatic carbocycles. The van der Waals surface area contributed by atoms with Crippen molar-refractivity contribution in [3.05, 3.63) is 29.8 Å². The molecule has 2 rings (SSSR count). The molecule has 0 unspecified atom stereocenters. The van der Waals surface area contributed by atoms with Crippen LogP contribution in [0.3, 0.4) is 0 Å². The summed E-state index contributed by atoms with van der Waals surface area (Å²) < 4.78 is 5.71. The van der Waals surface area contributed by atoms with Gasteiger partial charge in [-0.25, -0.2) is 4.79 Å². The Labute approximate surface area is 166 Å². The highest BCUT2D eigenvalue weighted by Crippen LogP contribution is 2.16. The number of terminal acetylenes is 1. The molecule has 0 aliphatic carbocycles. The van der Waals surface area contributed by atoms with Gasteiger partial charge in [-0.3, -0.25) is 9.59 Å². The lowest BCUT2D eigenvalue weighted by Crippen LogP contribution is -2.32. The molecule has 1 heterocycles. The minimum absolute atomic E-state index is 0.0168. The van der Waals surface area contributed by atoms with Crippen LogP contribution >= 0.6 is 0 Å². The first kappa shape index (κ1) is 21.5. The van der Waals surface area contributed by atoms with Crippen molar-refractivity contribution in [1.29, 1.82) is 0 Å². The van der Waals surface area contributed by atoms with E-state index in [2.05, 4.69) is 5.92 Å². The number of rotatable bonds is 12. The number of imide groups is 1. The molecular formula is C22H27NO5. The summed E-state index contributed by atoms with van der Waals surface area (Å²) in [4.78, 5) is 39.6. The first-order valence-corrected chi connectivity index (χ1v) is 9.82.